The minimum Gasteiger partial charge on any atom is -0.479 e. The molecule has 1 aliphatic heterocycles. The number of hydrogen-bond donors (Lipinski definition) is 3. The molecule has 0 aliphatic carbocycles. The van der Waals surface area contributed by atoms with E-state index in [0.717, 1.165) is 17.0 Å². The second kappa shape index (κ2) is 6.88. The molecule has 1 aromatic carbocycles. The van der Waals surface area contributed by atoms with Crippen LogP contribution in [-0.2, 0) is 20.7 Å². The fraction of sp³-hybridized carbons (Fsp3) is 0.333. The van der Waals surface area contributed by atoms with Crippen molar-refractivity contribution < 1.29 is 19.4 Å². The van der Waals surface area contributed by atoms with Gasteiger partial charge in [-0.1, -0.05) is 30.3 Å². The molecule has 0 spiro atoms. The van der Waals surface area contributed by atoms with Crippen LogP contribution in [0, 0.1) is 0 Å². The van der Waals surface area contributed by atoms with Crippen LogP contribution in [0.5, 0.6) is 0 Å². The number of carboxylic acid groups (broad SMARTS) is 1. The second-order valence-corrected chi connectivity index (χ2v) is 6.00. The molecule has 1 amide bonds. The van der Waals surface area contributed by atoms with E-state index in [1.165, 1.54) is 0 Å². The van der Waals surface area contributed by atoms with E-state index in [9.17, 15) is 14.7 Å². The molecular weight excluding hydrogens is 308 g/mol. The summed E-state index contributed by atoms with van der Waals surface area (Å²) in [6.07, 6.45) is 1.05. The maximum Gasteiger partial charge on any atom is 0.331 e. The topological polar surface area (TPSA) is 91.4 Å². The molecule has 0 saturated carbocycles. The molecule has 0 radical (unpaired) electrons. The van der Waals surface area contributed by atoms with Crippen LogP contribution in [0.4, 0.5) is 0 Å². The van der Waals surface area contributed by atoms with Gasteiger partial charge in [-0.05, 0) is 24.1 Å². The molecule has 0 bridgehead atoms. The van der Waals surface area contributed by atoms with E-state index >= 15 is 0 Å². The molecule has 3 N–H and O–H groups in total. The quantitative estimate of drug-likeness (QED) is 0.756. The summed E-state index contributed by atoms with van der Waals surface area (Å²) >= 11 is 0. The van der Waals surface area contributed by atoms with Crippen molar-refractivity contribution in [3.8, 4) is 11.3 Å². The van der Waals surface area contributed by atoms with Gasteiger partial charge in [-0.15, -0.1) is 0 Å². The molecule has 2 heterocycles. The van der Waals surface area contributed by atoms with Crippen LogP contribution in [0.3, 0.4) is 0 Å². The SMILES string of the molecule is O=C(CCc1ccc(-c2ccccc2)[nH]1)NC1(C(=O)O)CCOC1. The van der Waals surface area contributed by atoms with Gasteiger partial charge in [0.2, 0.25) is 5.91 Å². The highest BCUT2D eigenvalue weighted by atomic mass is 16.5. The second-order valence-electron chi connectivity index (χ2n) is 6.00. The standard InChI is InChI=1S/C18H20N2O4/c21-16(20-18(17(22)23)10-11-24-12-18)9-7-14-6-8-15(19-14)13-4-2-1-3-5-13/h1-6,8,19H,7,9-12H2,(H,20,21)(H,22,23). The maximum absolute atomic E-state index is 12.1. The van der Waals surface area contributed by atoms with Gasteiger partial charge < -0.3 is 20.1 Å². The zero-order valence-corrected chi connectivity index (χ0v) is 13.2. The average Bonchev–Trinajstić information content (AvgIpc) is 3.24. The zero-order chi connectivity index (χ0) is 17.0. The van der Waals surface area contributed by atoms with Gasteiger partial charge in [0, 0.05) is 30.8 Å². The first-order valence-electron chi connectivity index (χ1n) is 7.94. The summed E-state index contributed by atoms with van der Waals surface area (Å²) < 4.78 is 5.14. The molecule has 6 nitrogen and oxygen atoms in total. The monoisotopic (exact) mass is 328 g/mol. The number of hydrogen-bond acceptors (Lipinski definition) is 3. The summed E-state index contributed by atoms with van der Waals surface area (Å²) in [6.45, 7) is 0.373. The Morgan fingerprint density at radius 3 is 2.67 bits per heavy atom. The summed E-state index contributed by atoms with van der Waals surface area (Å²) in [5, 5.41) is 11.9. The first kappa shape index (κ1) is 16.3. The van der Waals surface area contributed by atoms with Gasteiger partial charge >= 0.3 is 5.97 Å². The number of aromatic amines is 1. The Kier molecular flexibility index (Phi) is 4.66. The minimum absolute atomic E-state index is 0.0226. The lowest BCUT2D eigenvalue weighted by atomic mass is 9.98. The van der Waals surface area contributed by atoms with Crippen LogP contribution in [0.2, 0.25) is 0 Å². The predicted molar refractivity (Wildman–Crippen MR) is 88.5 cm³/mol. The first-order valence-corrected chi connectivity index (χ1v) is 7.94. The highest BCUT2D eigenvalue weighted by Gasteiger charge is 2.43. The summed E-state index contributed by atoms with van der Waals surface area (Å²) in [6, 6.07) is 13.9. The molecule has 1 aliphatic rings. The van der Waals surface area contributed by atoms with E-state index in [1.807, 2.05) is 42.5 Å². The van der Waals surface area contributed by atoms with Crippen molar-refractivity contribution in [2.75, 3.05) is 13.2 Å². The predicted octanol–water partition coefficient (Wildman–Crippen LogP) is 1.97. The highest BCUT2D eigenvalue weighted by Crippen LogP contribution is 2.20. The third kappa shape index (κ3) is 3.49. The fourth-order valence-electron chi connectivity index (χ4n) is 2.84. The molecular formula is C18H20N2O4. The Balaban J connectivity index is 1.57. The van der Waals surface area contributed by atoms with Gasteiger partial charge in [-0.2, -0.15) is 0 Å². The molecule has 2 aromatic rings. The molecule has 1 atom stereocenters. The third-order valence-corrected chi connectivity index (χ3v) is 4.26. The van der Waals surface area contributed by atoms with Crippen LogP contribution in [0.15, 0.2) is 42.5 Å². The Labute approximate surface area is 139 Å². The normalized spacial score (nSPS) is 20.0. The number of carboxylic acids is 1. The number of ether oxygens (including phenoxy) is 1. The molecule has 24 heavy (non-hydrogen) atoms. The van der Waals surface area contributed by atoms with E-state index in [4.69, 9.17) is 4.74 Å². The number of nitrogens with one attached hydrogen (secondary N) is 2. The molecule has 1 saturated heterocycles. The lowest BCUT2D eigenvalue weighted by Crippen LogP contribution is -2.55. The summed E-state index contributed by atoms with van der Waals surface area (Å²) in [5.41, 5.74) is 1.75. The van der Waals surface area contributed by atoms with Crippen molar-refractivity contribution in [1.82, 2.24) is 10.3 Å². The van der Waals surface area contributed by atoms with Crippen LogP contribution in [-0.4, -0.2) is 40.7 Å². The van der Waals surface area contributed by atoms with Gasteiger partial charge in [-0.25, -0.2) is 4.79 Å². The van der Waals surface area contributed by atoms with E-state index < -0.39 is 11.5 Å². The maximum atomic E-state index is 12.1. The minimum atomic E-state index is -1.28. The largest absolute Gasteiger partial charge is 0.479 e. The Morgan fingerprint density at radius 2 is 2.00 bits per heavy atom. The first-order chi connectivity index (χ1) is 11.6. The van der Waals surface area contributed by atoms with Crippen molar-refractivity contribution in [3.05, 3.63) is 48.2 Å². The van der Waals surface area contributed by atoms with Crippen LogP contribution in [0.1, 0.15) is 18.5 Å². The number of carbonyl (C=O) groups is 2. The van der Waals surface area contributed by atoms with Crippen molar-refractivity contribution in [2.45, 2.75) is 24.8 Å². The van der Waals surface area contributed by atoms with Crippen LogP contribution in [0.25, 0.3) is 11.3 Å². The van der Waals surface area contributed by atoms with Gasteiger partial charge in [0.1, 0.15) is 0 Å². The van der Waals surface area contributed by atoms with Crippen molar-refractivity contribution in [1.29, 1.82) is 0 Å². The van der Waals surface area contributed by atoms with Crippen LogP contribution < -0.4 is 5.32 Å². The molecule has 1 fully saturated rings. The summed E-state index contributed by atoms with van der Waals surface area (Å²) in [5.74, 6) is -1.32. The molecule has 126 valence electrons. The summed E-state index contributed by atoms with van der Waals surface area (Å²) in [7, 11) is 0. The zero-order valence-electron chi connectivity index (χ0n) is 13.2. The van der Waals surface area contributed by atoms with Crippen LogP contribution >= 0.6 is 0 Å². The Morgan fingerprint density at radius 1 is 1.21 bits per heavy atom. The highest BCUT2D eigenvalue weighted by molar-refractivity contribution is 5.87. The number of rotatable bonds is 6. The van der Waals surface area contributed by atoms with Crippen molar-refractivity contribution >= 4 is 11.9 Å². The fourth-order valence-corrected chi connectivity index (χ4v) is 2.84. The van der Waals surface area contributed by atoms with Gasteiger partial charge in [0.05, 0.1) is 6.61 Å². The molecule has 3 rings (SSSR count). The van der Waals surface area contributed by atoms with Gasteiger partial charge in [0.25, 0.3) is 0 Å². The average molecular weight is 328 g/mol. The number of carbonyl (C=O) groups excluding carboxylic acids is 1. The molecule has 1 unspecified atom stereocenters. The smallest absolute Gasteiger partial charge is 0.331 e. The summed E-state index contributed by atoms with van der Waals surface area (Å²) in [4.78, 5) is 26.8. The lowest BCUT2D eigenvalue weighted by molar-refractivity contribution is -0.147. The molecule has 1 aromatic heterocycles. The number of aliphatic carboxylic acids is 1. The number of H-pyrrole nitrogens is 1. The van der Waals surface area contributed by atoms with E-state index in [1.54, 1.807) is 0 Å². The van der Waals surface area contributed by atoms with Crippen molar-refractivity contribution in [3.63, 3.8) is 0 Å². The van der Waals surface area contributed by atoms with E-state index in [-0.39, 0.29) is 18.9 Å². The Hall–Kier alpha value is -2.60. The number of amides is 1. The van der Waals surface area contributed by atoms with Crippen molar-refractivity contribution in [2.24, 2.45) is 0 Å². The number of aromatic nitrogens is 1. The molecule has 6 heteroatoms. The Bertz CT molecular complexity index is 718. The number of benzene rings is 1. The van der Waals surface area contributed by atoms with E-state index in [2.05, 4.69) is 10.3 Å². The van der Waals surface area contributed by atoms with Gasteiger partial charge in [-0.3, -0.25) is 4.79 Å². The number of aryl methyl sites for hydroxylation is 1. The van der Waals surface area contributed by atoms with Gasteiger partial charge in [0.15, 0.2) is 5.54 Å². The third-order valence-electron chi connectivity index (χ3n) is 4.26. The lowest BCUT2D eigenvalue weighted by Gasteiger charge is -2.23. The van der Waals surface area contributed by atoms with E-state index in [0.29, 0.717) is 19.4 Å².